The van der Waals surface area contributed by atoms with Gasteiger partial charge in [-0.2, -0.15) is 0 Å². The molecular weight excluding hydrogens is 405 g/mol. The summed E-state index contributed by atoms with van der Waals surface area (Å²) in [6.07, 6.45) is 0.592. The van der Waals surface area contributed by atoms with Crippen molar-refractivity contribution in [2.24, 2.45) is 0 Å². The highest BCUT2D eigenvalue weighted by Crippen LogP contribution is 2.38. The topological polar surface area (TPSA) is 89.1 Å². The highest BCUT2D eigenvalue weighted by Gasteiger charge is 2.32. The van der Waals surface area contributed by atoms with E-state index in [0.717, 1.165) is 11.1 Å². The highest BCUT2D eigenvalue weighted by atomic mass is 19.1. The van der Waals surface area contributed by atoms with Crippen molar-refractivity contribution in [3.8, 4) is 11.5 Å². The molecule has 166 valence electrons. The Balaban J connectivity index is 1.90. The summed E-state index contributed by atoms with van der Waals surface area (Å²) in [4.78, 5) is 26.6. The molecule has 0 radical (unpaired) electrons. The van der Waals surface area contributed by atoms with Crippen molar-refractivity contribution in [1.82, 2.24) is 10.2 Å². The molecule has 1 aliphatic heterocycles. The van der Waals surface area contributed by atoms with Crippen molar-refractivity contribution < 1.29 is 28.2 Å². The first kappa shape index (κ1) is 22.4. The maximum absolute atomic E-state index is 13.5. The van der Waals surface area contributed by atoms with Gasteiger partial charge in [-0.3, -0.25) is 4.79 Å². The van der Waals surface area contributed by atoms with Crippen LogP contribution in [0, 0.1) is 5.82 Å². The van der Waals surface area contributed by atoms with E-state index in [1.807, 2.05) is 12.1 Å². The predicted molar refractivity (Wildman–Crippen MR) is 113 cm³/mol. The lowest BCUT2D eigenvalue weighted by molar-refractivity contribution is -0.124. The molecule has 0 aromatic heterocycles. The Bertz CT molecular complexity index is 953. The third kappa shape index (κ3) is 5.24. The van der Waals surface area contributed by atoms with Crippen LogP contribution in [0.3, 0.4) is 0 Å². The number of fused-ring (bicyclic) bond motifs is 1. The largest absolute Gasteiger partial charge is 0.493 e. The molecule has 2 aromatic carbocycles. The van der Waals surface area contributed by atoms with E-state index in [1.165, 1.54) is 32.4 Å². The number of carbonyl (C=O) groups is 2. The number of nitrogens with one attached hydrogen (secondary N) is 2. The summed E-state index contributed by atoms with van der Waals surface area (Å²) < 4.78 is 29.2. The molecule has 8 nitrogen and oxygen atoms in total. The number of rotatable bonds is 7. The monoisotopic (exact) mass is 431 g/mol. The number of hydrogen-bond donors (Lipinski definition) is 2. The van der Waals surface area contributed by atoms with E-state index in [9.17, 15) is 14.0 Å². The summed E-state index contributed by atoms with van der Waals surface area (Å²) in [7, 11) is 4.54. The van der Waals surface area contributed by atoms with Gasteiger partial charge in [-0.1, -0.05) is 6.07 Å². The van der Waals surface area contributed by atoms with Gasteiger partial charge in [0, 0.05) is 25.9 Å². The summed E-state index contributed by atoms with van der Waals surface area (Å²) in [5, 5.41) is 5.53. The van der Waals surface area contributed by atoms with E-state index in [-0.39, 0.29) is 19.1 Å². The summed E-state index contributed by atoms with van der Waals surface area (Å²) >= 11 is 0. The van der Waals surface area contributed by atoms with Crippen LogP contribution >= 0.6 is 0 Å². The van der Waals surface area contributed by atoms with E-state index in [1.54, 1.807) is 18.1 Å². The molecule has 31 heavy (non-hydrogen) atoms. The van der Waals surface area contributed by atoms with Gasteiger partial charge in [0.15, 0.2) is 11.5 Å². The Morgan fingerprint density at radius 3 is 2.55 bits per heavy atom. The fourth-order valence-corrected chi connectivity index (χ4v) is 3.65. The molecule has 0 spiro atoms. The molecule has 0 fully saturated rings. The van der Waals surface area contributed by atoms with Crippen molar-refractivity contribution in [2.45, 2.75) is 12.5 Å². The SMILES string of the molecule is COCC(=O)NC[C@H]1c2cc(OC)c(OC)cc2CCN1C(=O)Nc1cccc(F)c1. The minimum atomic E-state index is -0.460. The van der Waals surface area contributed by atoms with Gasteiger partial charge in [-0.25, -0.2) is 9.18 Å². The smallest absolute Gasteiger partial charge is 0.322 e. The Morgan fingerprint density at radius 2 is 1.87 bits per heavy atom. The molecular formula is C22H26FN3O5. The molecule has 0 unspecified atom stereocenters. The van der Waals surface area contributed by atoms with Crippen LogP contribution in [-0.2, 0) is 16.0 Å². The van der Waals surface area contributed by atoms with E-state index < -0.39 is 17.9 Å². The lowest BCUT2D eigenvalue weighted by Gasteiger charge is -2.37. The number of amides is 3. The average Bonchev–Trinajstić information content (AvgIpc) is 2.76. The fraction of sp³-hybridized carbons (Fsp3) is 0.364. The summed E-state index contributed by atoms with van der Waals surface area (Å²) in [5.41, 5.74) is 2.19. The molecule has 0 saturated carbocycles. The van der Waals surface area contributed by atoms with Gasteiger partial charge in [0.25, 0.3) is 0 Å². The maximum atomic E-state index is 13.5. The number of ether oxygens (including phenoxy) is 3. The Labute approximate surface area is 180 Å². The number of halogens is 1. The van der Waals surface area contributed by atoms with Crippen molar-refractivity contribution in [1.29, 1.82) is 0 Å². The quantitative estimate of drug-likeness (QED) is 0.704. The van der Waals surface area contributed by atoms with E-state index >= 15 is 0 Å². The minimum Gasteiger partial charge on any atom is -0.493 e. The van der Waals surface area contributed by atoms with Crippen LogP contribution in [0.5, 0.6) is 11.5 Å². The van der Waals surface area contributed by atoms with Crippen LogP contribution in [0.15, 0.2) is 36.4 Å². The molecule has 1 aliphatic rings. The first-order chi connectivity index (χ1) is 15.0. The maximum Gasteiger partial charge on any atom is 0.322 e. The van der Waals surface area contributed by atoms with Crippen molar-refractivity contribution in [3.63, 3.8) is 0 Å². The highest BCUT2D eigenvalue weighted by molar-refractivity contribution is 5.90. The first-order valence-electron chi connectivity index (χ1n) is 9.80. The Morgan fingerprint density at radius 1 is 1.13 bits per heavy atom. The molecule has 0 bridgehead atoms. The van der Waals surface area contributed by atoms with E-state index in [0.29, 0.717) is 30.2 Å². The van der Waals surface area contributed by atoms with Gasteiger partial charge < -0.3 is 29.7 Å². The summed E-state index contributed by atoms with van der Waals surface area (Å²) in [6.45, 7) is 0.511. The number of nitrogens with zero attached hydrogens (tertiary/aromatic N) is 1. The number of carbonyl (C=O) groups excluding carboxylic acids is 2. The molecule has 0 aliphatic carbocycles. The second-order valence-electron chi connectivity index (χ2n) is 7.04. The summed E-state index contributed by atoms with van der Waals surface area (Å²) in [6, 6.07) is 8.55. The average molecular weight is 431 g/mol. The van der Waals surface area contributed by atoms with Crippen LogP contribution in [0.1, 0.15) is 17.2 Å². The molecule has 0 saturated heterocycles. The lowest BCUT2D eigenvalue weighted by atomic mass is 9.91. The van der Waals surface area contributed by atoms with Crippen molar-refractivity contribution >= 4 is 17.6 Å². The predicted octanol–water partition coefficient (Wildman–Crippen LogP) is 2.74. The number of urea groups is 1. The van der Waals surface area contributed by atoms with Crippen LogP contribution in [0.25, 0.3) is 0 Å². The number of hydrogen-bond acceptors (Lipinski definition) is 5. The van der Waals surface area contributed by atoms with Gasteiger partial charge in [-0.05, 0) is 47.9 Å². The van der Waals surface area contributed by atoms with Gasteiger partial charge in [0.2, 0.25) is 5.91 Å². The normalized spacial score (nSPS) is 15.1. The standard InChI is InChI=1S/C22H26FN3O5/c1-29-13-21(27)24-12-18-17-11-20(31-3)19(30-2)9-14(17)7-8-26(18)22(28)25-16-6-4-5-15(23)10-16/h4-6,9-11,18H,7-8,12-13H2,1-3H3,(H,24,27)(H,25,28)/t18-/m0/s1. The zero-order valence-corrected chi connectivity index (χ0v) is 17.7. The fourth-order valence-electron chi connectivity index (χ4n) is 3.65. The van der Waals surface area contributed by atoms with Crippen molar-refractivity contribution in [2.75, 3.05) is 46.3 Å². The Kier molecular flexibility index (Phi) is 7.30. The zero-order valence-electron chi connectivity index (χ0n) is 17.7. The second-order valence-corrected chi connectivity index (χ2v) is 7.04. The molecule has 2 aromatic rings. The van der Waals surface area contributed by atoms with Crippen LogP contribution in [0.2, 0.25) is 0 Å². The first-order valence-corrected chi connectivity index (χ1v) is 9.80. The number of anilines is 1. The Hall–Kier alpha value is -3.33. The van der Waals surface area contributed by atoms with Gasteiger partial charge >= 0.3 is 6.03 Å². The van der Waals surface area contributed by atoms with Crippen LogP contribution < -0.4 is 20.1 Å². The van der Waals surface area contributed by atoms with Gasteiger partial charge in [0.1, 0.15) is 12.4 Å². The molecule has 9 heteroatoms. The lowest BCUT2D eigenvalue weighted by Crippen LogP contribution is -2.47. The molecule has 1 atom stereocenters. The van der Waals surface area contributed by atoms with E-state index in [4.69, 9.17) is 14.2 Å². The van der Waals surface area contributed by atoms with E-state index in [2.05, 4.69) is 10.6 Å². The van der Waals surface area contributed by atoms with Gasteiger partial charge in [-0.15, -0.1) is 0 Å². The van der Waals surface area contributed by atoms with Crippen molar-refractivity contribution in [3.05, 3.63) is 53.3 Å². The summed E-state index contributed by atoms with van der Waals surface area (Å²) in [5.74, 6) is 0.394. The van der Waals surface area contributed by atoms with Crippen LogP contribution in [-0.4, -0.2) is 57.9 Å². The molecule has 2 N–H and O–H groups in total. The zero-order chi connectivity index (χ0) is 22.4. The number of benzene rings is 2. The molecule has 1 heterocycles. The second kappa shape index (κ2) is 10.1. The molecule has 3 amide bonds. The number of methoxy groups -OCH3 is 3. The van der Waals surface area contributed by atoms with Crippen LogP contribution in [0.4, 0.5) is 14.9 Å². The minimum absolute atomic E-state index is 0.0823. The van der Waals surface area contributed by atoms with Gasteiger partial charge in [0.05, 0.1) is 20.3 Å². The molecule has 3 rings (SSSR count). The third-order valence-electron chi connectivity index (χ3n) is 5.11. The third-order valence-corrected chi connectivity index (χ3v) is 5.11.